The monoisotopic (exact) mass is 267 g/mol. The molecule has 0 saturated heterocycles. The van der Waals surface area contributed by atoms with Crippen molar-refractivity contribution in [3.05, 3.63) is 29.3 Å². The molecule has 1 atom stereocenters. The van der Waals surface area contributed by atoms with Gasteiger partial charge < -0.3 is 10.0 Å². The van der Waals surface area contributed by atoms with Crippen molar-refractivity contribution >= 4 is 17.7 Å². The first-order valence-corrected chi connectivity index (χ1v) is 7.00. The molecule has 1 aromatic rings. The largest absolute Gasteiger partial charge is 0.392 e. The molecule has 1 N–H and O–H groups in total. The van der Waals surface area contributed by atoms with Gasteiger partial charge in [0, 0.05) is 18.5 Å². The summed E-state index contributed by atoms with van der Waals surface area (Å²) < 4.78 is 0. The smallest absolute Gasteiger partial charge is 0.232 e. The molecule has 1 aromatic carbocycles. The van der Waals surface area contributed by atoms with Crippen LogP contribution in [0.5, 0.6) is 0 Å². The Labute approximate surface area is 113 Å². The molecule has 1 rings (SSSR count). The van der Waals surface area contributed by atoms with Gasteiger partial charge in [0.05, 0.1) is 11.9 Å². The minimum atomic E-state index is -0.482. The maximum Gasteiger partial charge on any atom is 0.232 e. The van der Waals surface area contributed by atoms with Crippen LogP contribution >= 0.6 is 11.8 Å². The molecule has 0 aliphatic rings. The highest BCUT2D eigenvalue weighted by Gasteiger charge is 2.11. The molecular formula is C14H21NO2S. The van der Waals surface area contributed by atoms with Gasteiger partial charge >= 0.3 is 0 Å². The summed E-state index contributed by atoms with van der Waals surface area (Å²) in [6.07, 6.45) is -0.482. The summed E-state index contributed by atoms with van der Waals surface area (Å²) in [6.45, 7) is 6.16. The summed E-state index contributed by atoms with van der Waals surface area (Å²) in [5.41, 5.74) is 2.39. The van der Waals surface area contributed by atoms with Gasteiger partial charge in [-0.1, -0.05) is 17.7 Å². The lowest BCUT2D eigenvalue weighted by atomic mass is 10.2. The predicted molar refractivity (Wildman–Crippen MR) is 76.0 cm³/mol. The standard InChI is InChI=1S/C14H21NO2S/c1-10-5-6-11(2)13(7-10)18-9-14(17)15(4)8-12(3)16/h5-7,12,16H,8-9H2,1-4H3. The normalized spacial score (nSPS) is 12.3. The number of nitrogens with zero attached hydrogens (tertiary/aromatic N) is 1. The lowest BCUT2D eigenvalue weighted by Gasteiger charge is -2.18. The van der Waals surface area contributed by atoms with Crippen LogP contribution in [0.2, 0.25) is 0 Å². The maximum absolute atomic E-state index is 11.8. The van der Waals surface area contributed by atoms with E-state index >= 15 is 0 Å². The zero-order valence-electron chi connectivity index (χ0n) is 11.4. The fourth-order valence-corrected chi connectivity index (χ4v) is 2.67. The van der Waals surface area contributed by atoms with Gasteiger partial charge in [-0.25, -0.2) is 0 Å². The number of carbonyl (C=O) groups is 1. The van der Waals surface area contributed by atoms with Crippen LogP contribution in [0.4, 0.5) is 0 Å². The maximum atomic E-state index is 11.8. The lowest BCUT2D eigenvalue weighted by Crippen LogP contribution is -2.34. The fourth-order valence-electron chi connectivity index (χ4n) is 1.61. The Morgan fingerprint density at radius 3 is 2.72 bits per heavy atom. The summed E-state index contributed by atoms with van der Waals surface area (Å²) in [5, 5.41) is 9.24. The Hall–Kier alpha value is -1.00. The van der Waals surface area contributed by atoms with Gasteiger partial charge in [0.15, 0.2) is 0 Å². The summed E-state index contributed by atoms with van der Waals surface area (Å²) in [6, 6.07) is 6.24. The molecule has 0 fully saturated rings. The quantitative estimate of drug-likeness (QED) is 0.832. The SMILES string of the molecule is Cc1ccc(C)c(SCC(=O)N(C)CC(C)O)c1. The second-order valence-corrected chi connectivity index (χ2v) is 5.70. The van der Waals surface area contributed by atoms with E-state index in [1.807, 2.05) is 13.8 Å². The van der Waals surface area contributed by atoms with E-state index < -0.39 is 6.10 Å². The summed E-state index contributed by atoms with van der Waals surface area (Å²) in [4.78, 5) is 14.6. The van der Waals surface area contributed by atoms with Gasteiger partial charge in [-0.2, -0.15) is 0 Å². The molecule has 18 heavy (non-hydrogen) atoms. The van der Waals surface area contributed by atoms with E-state index in [4.69, 9.17) is 0 Å². The van der Waals surface area contributed by atoms with Crippen molar-refractivity contribution in [2.45, 2.75) is 31.8 Å². The average molecular weight is 267 g/mol. The van der Waals surface area contributed by atoms with Crippen molar-refractivity contribution in [3.8, 4) is 0 Å². The van der Waals surface area contributed by atoms with E-state index in [1.165, 1.54) is 11.1 Å². The van der Waals surface area contributed by atoms with Crippen LogP contribution in [-0.2, 0) is 4.79 Å². The number of aryl methyl sites for hydroxylation is 2. The molecule has 0 radical (unpaired) electrons. The first kappa shape index (κ1) is 15.1. The van der Waals surface area contributed by atoms with E-state index in [1.54, 1.807) is 30.6 Å². The molecule has 0 spiro atoms. The topological polar surface area (TPSA) is 40.5 Å². The number of rotatable bonds is 5. The highest BCUT2D eigenvalue weighted by Crippen LogP contribution is 2.23. The Morgan fingerprint density at radius 2 is 2.11 bits per heavy atom. The van der Waals surface area contributed by atoms with Crippen LogP contribution in [0.15, 0.2) is 23.1 Å². The molecule has 0 heterocycles. The Morgan fingerprint density at radius 1 is 1.44 bits per heavy atom. The van der Waals surface area contributed by atoms with E-state index in [0.29, 0.717) is 12.3 Å². The predicted octanol–water partition coefficient (Wildman–Crippen LogP) is 2.23. The minimum absolute atomic E-state index is 0.0433. The Bertz CT molecular complexity index is 418. The van der Waals surface area contributed by atoms with Gasteiger partial charge in [0.1, 0.15) is 0 Å². The first-order chi connectivity index (χ1) is 8.40. The first-order valence-electron chi connectivity index (χ1n) is 6.02. The number of aliphatic hydroxyl groups excluding tert-OH is 1. The van der Waals surface area contributed by atoms with Crippen molar-refractivity contribution in [2.24, 2.45) is 0 Å². The third-order valence-electron chi connectivity index (χ3n) is 2.66. The summed E-state index contributed by atoms with van der Waals surface area (Å²) in [7, 11) is 1.72. The molecule has 1 amide bonds. The number of amides is 1. The number of aliphatic hydroxyl groups is 1. The summed E-state index contributed by atoms with van der Waals surface area (Å²) >= 11 is 1.55. The Balaban J connectivity index is 2.54. The second-order valence-electron chi connectivity index (χ2n) is 4.68. The van der Waals surface area contributed by atoms with Crippen molar-refractivity contribution in [1.82, 2.24) is 4.90 Å². The highest BCUT2D eigenvalue weighted by molar-refractivity contribution is 8.00. The molecule has 4 heteroatoms. The number of thioether (sulfide) groups is 1. The molecule has 1 unspecified atom stereocenters. The van der Waals surface area contributed by atoms with Crippen molar-refractivity contribution < 1.29 is 9.90 Å². The van der Waals surface area contributed by atoms with Gasteiger partial charge in [-0.15, -0.1) is 11.8 Å². The van der Waals surface area contributed by atoms with Crippen molar-refractivity contribution in [1.29, 1.82) is 0 Å². The fraction of sp³-hybridized carbons (Fsp3) is 0.500. The molecular weight excluding hydrogens is 246 g/mol. The van der Waals surface area contributed by atoms with Crippen LogP contribution in [-0.4, -0.2) is 41.4 Å². The molecule has 0 bridgehead atoms. The molecule has 3 nitrogen and oxygen atoms in total. The molecule has 0 aliphatic carbocycles. The second kappa shape index (κ2) is 6.81. The van der Waals surface area contributed by atoms with Crippen LogP contribution in [0.25, 0.3) is 0 Å². The van der Waals surface area contributed by atoms with E-state index in [9.17, 15) is 9.90 Å². The van der Waals surface area contributed by atoms with Crippen LogP contribution in [0.1, 0.15) is 18.1 Å². The third kappa shape index (κ3) is 4.70. The van der Waals surface area contributed by atoms with Crippen LogP contribution < -0.4 is 0 Å². The average Bonchev–Trinajstić information content (AvgIpc) is 2.29. The van der Waals surface area contributed by atoms with E-state index in [-0.39, 0.29) is 5.91 Å². The number of carbonyl (C=O) groups excluding carboxylic acids is 1. The van der Waals surface area contributed by atoms with Gasteiger partial charge in [0.2, 0.25) is 5.91 Å². The van der Waals surface area contributed by atoms with E-state index in [0.717, 1.165) is 4.90 Å². The zero-order chi connectivity index (χ0) is 13.7. The van der Waals surface area contributed by atoms with Crippen molar-refractivity contribution in [3.63, 3.8) is 0 Å². The molecule has 0 saturated carbocycles. The Kier molecular flexibility index (Phi) is 5.69. The lowest BCUT2D eigenvalue weighted by molar-refractivity contribution is -0.128. The molecule has 0 aliphatic heterocycles. The number of hydrogen-bond acceptors (Lipinski definition) is 3. The van der Waals surface area contributed by atoms with Crippen LogP contribution in [0, 0.1) is 13.8 Å². The van der Waals surface area contributed by atoms with E-state index in [2.05, 4.69) is 18.2 Å². The van der Waals surface area contributed by atoms with Gasteiger partial charge in [-0.3, -0.25) is 4.79 Å². The number of likely N-dealkylation sites (N-methyl/N-ethyl adjacent to an activating group) is 1. The zero-order valence-corrected chi connectivity index (χ0v) is 12.3. The summed E-state index contributed by atoms with van der Waals surface area (Å²) in [5.74, 6) is 0.454. The van der Waals surface area contributed by atoms with Crippen LogP contribution in [0.3, 0.4) is 0 Å². The minimum Gasteiger partial charge on any atom is -0.392 e. The van der Waals surface area contributed by atoms with Gasteiger partial charge in [0.25, 0.3) is 0 Å². The van der Waals surface area contributed by atoms with Crippen molar-refractivity contribution in [2.75, 3.05) is 19.3 Å². The van der Waals surface area contributed by atoms with Gasteiger partial charge in [-0.05, 0) is 32.4 Å². The third-order valence-corrected chi connectivity index (χ3v) is 3.80. The molecule has 0 aromatic heterocycles. The molecule has 100 valence electrons. The highest BCUT2D eigenvalue weighted by atomic mass is 32.2. The number of hydrogen-bond donors (Lipinski definition) is 1. The number of benzene rings is 1.